The molecule has 1 saturated heterocycles. The average Bonchev–Trinajstić information content (AvgIpc) is 3.06. The molecule has 4 nitrogen and oxygen atoms in total. The van der Waals surface area contributed by atoms with Crippen LogP contribution in [0.5, 0.6) is 0 Å². The van der Waals surface area contributed by atoms with E-state index in [0.29, 0.717) is 12.1 Å². The molecule has 2 aromatic rings. The lowest BCUT2D eigenvalue weighted by molar-refractivity contribution is 0.396. The first-order valence-corrected chi connectivity index (χ1v) is 8.64. The standard InChI is InChI=1S/C17H16N2O2S/c18-13-14-8-10-16(11-9-14)22(20,21)19-12-4-7-17(19)15-5-2-1-3-6-15/h1-3,5-6,8-11,17H,4,7,12H2. The fourth-order valence-corrected chi connectivity index (χ4v) is 4.56. The highest BCUT2D eigenvalue weighted by molar-refractivity contribution is 7.89. The second-order valence-electron chi connectivity index (χ2n) is 5.32. The van der Waals surface area contributed by atoms with Crippen LogP contribution in [0.2, 0.25) is 0 Å². The van der Waals surface area contributed by atoms with Crippen LogP contribution in [0.1, 0.15) is 30.0 Å². The molecule has 1 heterocycles. The van der Waals surface area contributed by atoms with Crippen molar-refractivity contribution in [2.24, 2.45) is 0 Å². The summed E-state index contributed by atoms with van der Waals surface area (Å²) in [5.74, 6) is 0. The second-order valence-corrected chi connectivity index (χ2v) is 7.21. The van der Waals surface area contributed by atoms with Gasteiger partial charge in [0.05, 0.1) is 22.6 Å². The number of rotatable bonds is 3. The van der Waals surface area contributed by atoms with Crippen molar-refractivity contribution in [2.75, 3.05) is 6.54 Å². The molecule has 0 N–H and O–H groups in total. The van der Waals surface area contributed by atoms with E-state index in [1.807, 2.05) is 36.4 Å². The number of nitrogens with zero attached hydrogens (tertiary/aromatic N) is 2. The van der Waals surface area contributed by atoms with Gasteiger partial charge in [-0.15, -0.1) is 0 Å². The smallest absolute Gasteiger partial charge is 0.207 e. The molecule has 1 aliphatic heterocycles. The molecule has 1 atom stereocenters. The summed E-state index contributed by atoms with van der Waals surface area (Å²) >= 11 is 0. The van der Waals surface area contributed by atoms with Crippen LogP contribution in [0, 0.1) is 11.3 Å². The van der Waals surface area contributed by atoms with Crippen molar-refractivity contribution in [2.45, 2.75) is 23.8 Å². The third kappa shape index (κ3) is 2.63. The van der Waals surface area contributed by atoms with Crippen LogP contribution in [-0.4, -0.2) is 19.3 Å². The molecule has 0 amide bonds. The van der Waals surface area contributed by atoms with Crippen molar-refractivity contribution < 1.29 is 8.42 Å². The first kappa shape index (κ1) is 14.8. The van der Waals surface area contributed by atoms with Gasteiger partial charge in [0.25, 0.3) is 0 Å². The zero-order valence-electron chi connectivity index (χ0n) is 12.0. The SMILES string of the molecule is N#Cc1ccc(S(=O)(=O)N2CCCC2c2ccccc2)cc1. The number of sulfonamides is 1. The summed E-state index contributed by atoms with van der Waals surface area (Å²) < 4.78 is 27.3. The van der Waals surface area contributed by atoms with Crippen molar-refractivity contribution in [1.29, 1.82) is 5.26 Å². The quantitative estimate of drug-likeness (QED) is 0.875. The van der Waals surface area contributed by atoms with Crippen LogP contribution >= 0.6 is 0 Å². The van der Waals surface area contributed by atoms with Crippen molar-refractivity contribution >= 4 is 10.0 Å². The zero-order chi connectivity index (χ0) is 15.6. The second kappa shape index (κ2) is 5.91. The monoisotopic (exact) mass is 312 g/mol. The topological polar surface area (TPSA) is 61.2 Å². The molecular weight excluding hydrogens is 296 g/mol. The molecule has 2 aromatic carbocycles. The van der Waals surface area contributed by atoms with Crippen LogP contribution in [0.4, 0.5) is 0 Å². The molecule has 5 heteroatoms. The van der Waals surface area contributed by atoms with E-state index in [9.17, 15) is 8.42 Å². The Hall–Kier alpha value is -2.16. The minimum Gasteiger partial charge on any atom is -0.207 e. The number of nitriles is 1. The Morgan fingerprint density at radius 2 is 1.73 bits per heavy atom. The summed E-state index contributed by atoms with van der Waals surface area (Å²) in [5.41, 5.74) is 1.48. The Balaban J connectivity index is 1.95. The largest absolute Gasteiger partial charge is 0.243 e. The molecular formula is C17H16N2O2S. The number of hydrogen-bond acceptors (Lipinski definition) is 3. The zero-order valence-corrected chi connectivity index (χ0v) is 12.8. The Labute approximate surface area is 130 Å². The normalized spacial score (nSPS) is 19.0. The Kier molecular flexibility index (Phi) is 3.97. The van der Waals surface area contributed by atoms with E-state index in [1.165, 1.54) is 12.1 Å². The van der Waals surface area contributed by atoms with E-state index in [1.54, 1.807) is 16.4 Å². The number of hydrogen-bond donors (Lipinski definition) is 0. The van der Waals surface area contributed by atoms with Crippen LogP contribution in [0.25, 0.3) is 0 Å². The van der Waals surface area contributed by atoms with Gasteiger partial charge in [0, 0.05) is 6.54 Å². The summed E-state index contributed by atoms with van der Waals surface area (Å²) in [4.78, 5) is 0.245. The number of benzene rings is 2. The fraction of sp³-hybridized carbons (Fsp3) is 0.235. The van der Waals surface area contributed by atoms with Crippen LogP contribution in [0.3, 0.4) is 0 Å². The van der Waals surface area contributed by atoms with Gasteiger partial charge >= 0.3 is 0 Å². The highest BCUT2D eigenvalue weighted by atomic mass is 32.2. The van der Waals surface area contributed by atoms with Crippen LogP contribution in [0.15, 0.2) is 59.5 Å². The van der Waals surface area contributed by atoms with Gasteiger partial charge in [-0.25, -0.2) is 8.42 Å². The molecule has 0 aromatic heterocycles. The first-order chi connectivity index (χ1) is 10.6. The third-order valence-corrected chi connectivity index (χ3v) is 5.90. The third-order valence-electron chi connectivity index (χ3n) is 3.98. The Bertz CT molecular complexity index is 793. The Morgan fingerprint density at radius 1 is 1.05 bits per heavy atom. The summed E-state index contributed by atoms with van der Waals surface area (Å²) in [5, 5.41) is 8.82. The molecule has 1 aliphatic rings. The molecule has 112 valence electrons. The molecule has 0 bridgehead atoms. The average molecular weight is 312 g/mol. The maximum atomic E-state index is 12.9. The summed E-state index contributed by atoms with van der Waals surface area (Å²) in [6, 6.07) is 17.7. The molecule has 22 heavy (non-hydrogen) atoms. The molecule has 3 rings (SSSR count). The predicted octanol–water partition coefficient (Wildman–Crippen LogP) is 3.08. The van der Waals surface area contributed by atoms with E-state index < -0.39 is 10.0 Å². The van der Waals surface area contributed by atoms with Crippen molar-refractivity contribution in [1.82, 2.24) is 4.31 Å². The molecule has 0 spiro atoms. The lowest BCUT2D eigenvalue weighted by Gasteiger charge is -2.24. The first-order valence-electron chi connectivity index (χ1n) is 7.20. The molecule has 0 saturated carbocycles. The Morgan fingerprint density at radius 3 is 2.36 bits per heavy atom. The van der Waals surface area contributed by atoms with Gasteiger partial charge in [0.1, 0.15) is 0 Å². The summed E-state index contributed by atoms with van der Waals surface area (Å²) in [7, 11) is -3.54. The molecule has 1 unspecified atom stereocenters. The van der Waals surface area contributed by atoms with Gasteiger partial charge in [-0.3, -0.25) is 0 Å². The van der Waals surface area contributed by atoms with Crippen LogP contribution in [-0.2, 0) is 10.0 Å². The predicted molar refractivity (Wildman–Crippen MR) is 83.5 cm³/mol. The van der Waals surface area contributed by atoms with E-state index >= 15 is 0 Å². The van der Waals surface area contributed by atoms with E-state index in [2.05, 4.69) is 0 Å². The van der Waals surface area contributed by atoms with Gasteiger partial charge in [0.2, 0.25) is 10.0 Å². The van der Waals surface area contributed by atoms with E-state index in [0.717, 1.165) is 18.4 Å². The van der Waals surface area contributed by atoms with Gasteiger partial charge in [-0.05, 0) is 42.7 Å². The van der Waals surface area contributed by atoms with Gasteiger partial charge in [-0.1, -0.05) is 30.3 Å². The van der Waals surface area contributed by atoms with Gasteiger partial charge in [-0.2, -0.15) is 9.57 Å². The van der Waals surface area contributed by atoms with Crippen molar-refractivity contribution in [3.05, 3.63) is 65.7 Å². The molecule has 0 radical (unpaired) electrons. The lowest BCUT2D eigenvalue weighted by atomic mass is 10.1. The lowest BCUT2D eigenvalue weighted by Crippen LogP contribution is -2.30. The minimum absolute atomic E-state index is 0.109. The van der Waals surface area contributed by atoms with E-state index in [-0.39, 0.29) is 10.9 Å². The van der Waals surface area contributed by atoms with E-state index in [4.69, 9.17) is 5.26 Å². The summed E-state index contributed by atoms with van der Waals surface area (Å²) in [6.07, 6.45) is 1.69. The highest BCUT2D eigenvalue weighted by Crippen LogP contribution is 2.36. The highest BCUT2D eigenvalue weighted by Gasteiger charge is 2.35. The summed E-state index contributed by atoms with van der Waals surface area (Å²) in [6.45, 7) is 0.530. The fourth-order valence-electron chi connectivity index (χ4n) is 2.87. The van der Waals surface area contributed by atoms with Crippen LogP contribution < -0.4 is 0 Å². The molecule has 0 aliphatic carbocycles. The maximum absolute atomic E-state index is 12.9. The van der Waals surface area contributed by atoms with Gasteiger partial charge in [0.15, 0.2) is 0 Å². The van der Waals surface area contributed by atoms with Crippen molar-refractivity contribution in [3.8, 4) is 6.07 Å². The molecule has 1 fully saturated rings. The minimum atomic E-state index is -3.54. The van der Waals surface area contributed by atoms with Gasteiger partial charge < -0.3 is 0 Å². The van der Waals surface area contributed by atoms with Crippen molar-refractivity contribution in [3.63, 3.8) is 0 Å². The maximum Gasteiger partial charge on any atom is 0.243 e.